The zero-order chi connectivity index (χ0) is 18.2. The molecule has 0 atom stereocenters. The Morgan fingerprint density at radius 3 is 2.12 bits per heavy atom. The number of benzene rings is 1. The standard InChI is InChI=1S/C15H13Cl3FN3O2S/c16-11-7-10(1-2-14(11)19)25(23,24)22-5-3-21(4-6-22)15-12(17)8-20-9-13(15)18/h1-2,7-9H,3-6H2. The Bertz CT molecular complexity index is 883. The Morgan fingerprint density at radius 1 is 0.960 bits per heavy atom. The van der Waals surface area contributed by atoms with Crippen LogP contribution in [-0.2, 0) is 10.0 Å². The smallest absolute Gasteiger partial charge is 0.243 e. The van der Waals surface area contributed by atoms with Crippen LogP contribution in [0.15, 0.2) is 35.5 Å². The lowest BCUT2D eigenvalue weighted by atomic mass is 10.3. The van der Waals surface area contributed by atoms with E-state index >= 15 is 0 Å². The molecule has 25 heavy (non-hydrogen) atoms. The molecule has 0 N–H and O–H groups in total. The molecule has 134 valence electrons. The molecule has 1 fully saturated rings. The summed E-state index contributed by atoms with van der Waals surface area (Å²) in [5.41, 5.74) is 0.639. The van der Waals surface area contributed by atoms with Crippen molar-refractivity contribution in [3.8, 4) is 0 Å². The minimum absolute atomic E-state index is 0.0349. The van der Waals surface area contributed by atoms with Crippen molar-refractivity contribution < 1.29 is 12.8 Å². The monoisotopic (exact) mass is 423 g/mol. The van der Waals surface area contributed by atoms with Crippen molar-refractivity contribution in [2.24, 2.45) is 0 Å². The van der Waals surface area contributed by atoms with E-state index in [1.807, 2.05) is 4.90 Å². The Kier molecular flexibility index (Phi) is 5.41. The van der Waals surface area contributed by atoms with Gasteiger partial charge in [0.1, 0.15) is 5.82 Å². The van der Waals surface area contributed by atoms with E-state index in [-0.39, 0.29) is 23.0 Å². The van der Waals surface area contributed by atoms with Crippen molar-refractivity contribution in [1.82, 2.24) is 9.29 Å². The second-order valence-corrected chi connectivity index (χ2v) is 8.58. The van der Waals surface area contributed by atoms with Crippen LogP contribution in [0.1, 0.15) is 0 Å². The van der Waals surface area contributed by atoms with E-state index in [0.29, 0.717) is 28.8 Å². The Balaban J connectivity index is 1.78. The average Bonchev–Trinajstić information content (AvgIpc) is 2.57. The van der Waals surface area contributed by atoms with E-state index in [2.05, 4.69) is 4.98 Å². The molecule has 5 nitrogen and oxygen atoms in total. The van der Waals surface area contributed by atoms with Crippen LogP contribution in [0.2, 0.25) is 15.1 Å². The van der Waals surface area contributed by atoms with Gasteiger partial charge >= 0.3 is 0 Å². The van der Waals surface area contributed by atoms with Crippen LogP contribution in [-0.4, -0.2) is 43.9 Å². The molecule has 1 aromatic heterocycles. The highest BCUT2D eigenvalue weighted by molar-refractivity contribution is 7.89. The Morgan fingerprint density at radius 2 is 1.56 bits per heavy atom. The molecule has 1 aromatic carbocycles. The third kappa shape index (κ3) is 3.71. The lowest BCUT2D eigenvalue weighted by Gasteiger charge is -2.36. The molecule has 1 saturated heterocycles. The summed E-state index contributed by atoms with van der Waals surface area (Å²) in [4.78, 5) is 5.79. The lowest BCUT2D eigenvalue weighted by molar-refractivity contribution is 0.385. The zero-order valence-corrected chi connectivity index (χ0v) is 15.9. The molecule has 0 aliphatic carbocycles. The summed E-state index contributed by atoms with van der Waals surface area (Å²) >= 11 is 18.0. The summed E-state index contributed by atoms with van der Waals surface area (Å²) in [6, 6.07) is 3.37. The van der Waals surface area contributed by atoms with Crippen molar-refractivity contribution in [1.29, 1.82) is 0 Å². The molecule has 0 spiro atoms. The van der Waals surface area contributed by atoms with Gasteiger partial charge in [0.05, 0.1) is 25.7 Å². The summed E-state index contributed by atoms with van der Waals surface area (Å²) in [6.07, 6.45) is 2.98. The van der Waals surface area contributed by atoms with E-state index in [1.165, 1.54) is 22.8 Å². The van der Waals surface area contributed by atoms with E-state index in [0.717, 1.165) is 12.1 Å². The normalized spacial score (nSPS) is 16.2. The number of nitrogens with zero attached hydrogens (tertiary/aromatic N) is 3. The minimum atomic E-state index is -3.75. The molecule has 0 radical (unpaired) electrons. The fourth-order valence-electron chi connectivity index (χ4n) is 2.65. The third-order valence-corrected chi connectivity index (χ3v) is 6.65. The van der Waals surface area contributed by atoms with Crippen LogP contribution in [0.5, 0.6) is 0 Å². The number of halogens is 4. The number of anilines is 1. The molecule has 1 aliphatic rings. The maximum atomic E-state index is 13.3. The largest absolute Gasteiger partial charge is 0.366 e. The van der Waals surface area contributed by atoms with Crippen molar-refractivity contribution >= 4 is 50.5 Å². The van der Waals surface area contributed by atoms with E-state index in [1.54, 1.807) is 0 Å². The van der Waals surface area contributed by atoms with Crippen LogP contribution in [0.3, 0.4) is 0 Å². The van der Waals surface area contributed by atoms with Gasteiger partial charge < -0.3 is 4.90 Å². The van der Waals surface area contributed by atoms with Crippen LogP contribution < -0.4 is 4.90 Å². The first-order valence-corrected chi connectivity index (χ1v) is 9.87. The van der Waals surface area contributed by atoms with Gasteiger partial charge in [-0.15, -0.1) is 0 Å². The Labute approximate surface area is 160 Å². The SMILES string of the molecule is O=S(=O)(c1ccc(F)c(Cl)c1)N1CCN(c2c(Cl)cncc2Cl)CC1. The molecule has 10 heteroatoms. The van der Waals surface area contributed by atoms with Crippen LogP contribution in [0.4, 0.5) is 10.1 Å². The van der Waals surface area contributed by atoms with Gasteiger partial charge in [-0.25, -0.2) is 12.8 Å². The summed E-state index contributed by atoms with van der Waals surface area (Å²) in [6.45, 7) is 1.31. The van der Waals surface area contributed by atoms with Crippen molar-refractivity contribution in [2.45, 2.75) is 4.90 Å². The zero-order valence-electron chi connectivity index (χ0n) is 12.8. The first-order chi connectivity index (χ1) is 11.8. The summed E-state index contributed by atoms with van der Waals surface area (Å²) < 4.78 is 40.0. The third-order valence-electron chi connectivity index (χ3n) is 3.91. The predicted molar refractivity (Wildman–Crippen MR) is 96.6 cm³/mol. The number of aromatic nitrogens is 1. The van der Waals surface area contributed by atoms with Crippen LogP contribution >= 0.6 is 34.8 Å². The van der Waals surface area contributed by atoms with Crippen molar-refractivity contribution in [3.63, 3.8) is 0 Å². The maximum absolute atomic E-state index is 13.3. The molecule has 1 aliphatic heterocycles. The molecular formula is C15H13Cl3FN3O2S. The highest BCUT2D eigenvalue weighted by Gasteiger charge is 2.30. The van der Waals surface area contributed by atoms with E-state index in [4.69, 9.17) is 34.8 Å². The second-order valence-electron chi connectivity index (χ2n) is 5.42. The number of sulfonamides is 1. The van der Waals surface area contributed by atoms with E-state index < -0.39 is 15.8 Å². The van der Waals surface area contributed by atoms with Crippen molar-refractivity contribution in [2.75, 3.05) is 31.1 Å². The van der Waals surface area contributed by atoms with Gasteiger partial charge in [0.25, 0.3) is 0 Å². The molecule has 0 bridgehead atoms. The number of pyridine rings is 1. The number of piperazine rings is 1. The van der Waals surface area contributed by atoms with Gasteiger partial charge in [0, 0.05) is 38.6 Å². The van der Waals surface area contributed by atoms with Crippen molar-refractivity contribution in [3.05, 3.63) is 51.5 Å². The first-order valence-electron chi connectivity index (χ1n) is 7.30. The van der Waals surface area contributed by atoms with Crippen LogP contribution in [0.25, 0.3) is 0 Å². The summed E-state index contributed by atoms with van der Waals surface area (Å²) in [5, 5.41) is 0.596. The number of rotatable bonds is 3. The summed E-state index contributed by atoms with van der Waals surface area (Å²) in [7, 11) is -3.75. The lowest BCUT2D eigenvalue weighted by Crippen LogP contribution is -2.48. The fraction of sp³-hybridized carbons (Fsp3) is 0.267. The van der Waals surface area contributed by atoms with Crippen LogP contribution in [0, 0.1) is 5.82 Å². The highest BCUT2D eigenvalue weighted by Crippen LogP contribution is 2.33. The average molecular weight is 425 g/mol. The van der Waals surface area contributed by atoms with Gasteiger partial charge in [-0.1, -0.05) is 34.8 Å². The molecule has 2 heterocycles. The van der Waals surface area contributed by atoms with E-state index in [9.17, 15) is 12.8 Å². The topological polar surface area (TPSA) is 53.5 Å². The fourth-order valence-corrected chi connectivity index (χ4v) is 4.94. The van der Waals surface area contributed by atoms with Gasteiger partial charge in [0.15, 0.2) is 0 Å². The molecule has 3 rings (SSSR count). The molecule has 2 aromatic rings. The Hall–Kier alpha value is -1.12. The molecular weight excluding hydrogens is 412 g/mol. The first kappa shape index (κ1) is 18.7. The molecule has 0 amide bonds. The maximum Gasteiger partial charge on any atom is 0.243 e. The quantitative estimate of drug-likeness (QED) is 0.754. The predicted octanol–water partition coefficient (Wildman–Crippen LogP) is 3.69. The van der Waals surface area contributed by atoms with Gasteiger partial charge in [-0.3, -0.25) is 4.98 Å². The number of hydrogen-bond donors (Lipinski definition) is 0. The van der Waals surface area contributed by atoms with Gasteiger partial charge in [0.2, 0.25) is 10.0 Å². The molecule has 0 unspecified atom stereocenters. The summed E-state index contributed by atoms with van der Waals surface area (Å²) in [5.74, 6) is -0.660. The second kappa shape index (κ2) is 7.25. The van der Waals surface area contributed by atoms with Gasteiger partial charge in [-0.2, -0.15) is 4.31 Å². The molecule has 0 saturated carbocycles. The van der Waals surface area contributed by atoms with Gasteiger partial charge in [-0.05, 0) is 18.2 Å². The highest BCUT2D eigenvalue weighted by atomic mass is 35.5. The number of hydrogen-bond acceptors (Lipinski definition) is 4. The minimum Gasteiger partial charge on any atom is -0.366 e.